The smallest absolute Gasteiger partial charge is 0.249 e. The van der Waals surface area contributed by atoms with Gasteiger partial charge in [0.25, 0.3) is 0 Å². The van der Waals surface area contributed by atoms with Crippen molar-refractivity contribution in [2.45, 2.75) is 24.3 Å². The third kappa shape index (κ3) is 4.53. The average molecular weight is 396 g/mol. The van der Waals surface area contributed by atoms with E-state index in [9.17, 15) is 30.4 Å². The highest BCUT2D eigenvalue weighted by molar-refractivity contribution is 7.91. The van der Waals surface area contributed by atoms with E-state index in [0.717, 1.165) is 18.2 Å². The topological polar surface area (TPSA) is 101 Å². The Morgan fingerprint density at radius 3 is 2.40 bits per heavy atom. The number of carbonyl (C=O) groups excluding carboxylic acids is 1. The molecule has 0 aliphatic carbocycles. The van der Waals surface area contributed by atoms with Crippen LogP contribution in [-0.4, -0.2) is 57.7 Å². The van der Waals surface area contributed by atoms with Crippen molar-refractivity contribution in [3.63, 3.8) is 0 Å². The molecule has 1 fully saturated rings. The summed E-state index contributed by atoms with van der Waals surface area (Å²) < 4.78 is 75.9. The first-order valence-electron chi connectivity index (χ1n) is 7.51. The maximum atomic E-state index is 13.8. The van der Waals surface area contributed by atoms with Crippen molar-refractivity contribution in [3.8, 4) is 0 Å². The van der Waals surface area contributed by atoms with Crippen molar-refractivity contribution in [3.05, 3.63) is 29.8 Å². The molecule has 140 valence electrons. The maximum Gasteiger partial charge on any atom is 0.249 e. The van der Waals surface area contributed by atoms with E-state index < -0.39 is 54.9 Å². The van der Waals surface area contributed by atoms with Crippen LogP contribution in [0.4, 0.5) is 8.78 Å². The van der Waals surface area contributed by atoms with Crippen molar-refractivity contribution < 1.29 is 30.4 Å². The number of sulfone groups is 1. The molecule has 25 heavy (non-hydrogen) atoms. The second kappa shape index (κ2) is 7.34. The number of rotatable bonds is 6. The second-order valence-corrected chi connectivity index (χ2v) is 9.75. The molecule has 1 N–H and O–H groups in total. The first kappa shape index (κ1) is 19.7. The van der Waals surface area contributed by atoms with E-state index in [1.165, 1.54) is 6.92 Å². The van der Waals surface area contributed by atoms with E-state index in [-0.39, 0.29) is 24.5 Å². The van der Waals surface area contributed by atoms with Crippen molar-refractivity contribution in [2.75, 3.05) is 24.6 Å². The van der Waals surface area contributed by atoms with Crippen LogP contribution in [0.2, 0.25) is 0 Å². The minimum atomic E-state index is -4.56. The number of hydrogen-bond acceptors (Lipinski definition) is 5. The molecule has 1 heterocycles. The van der Waals surface area contributed by atoms with Crippen LogP contribution in [0.15, 0.2) is 23.1 Å². The number of benzene rings is 1. The highest BCUT2D eigenvalue weighted by Gasteiger charge is 2.33. The maximum absolute atomic E-state index is 13.8. The van der Waals surface area contributed by atoms with Crippen LogP contribution in [0.5, 0.6) is 0 Å². The summed E-state index contributed by atoms with van der Waals surface area (Å²) in [5.74, 6) is -3.49. The Morgan fingerprint density at radius 1 is 1.32 bits per heavy atom. The Balaban J connectivity index is 2.15. The van der Waals surface area contributed by atoms with E-state index in [1.807, 2.05) is 0 Å². The van der Waals surface area contributed by atoms with Crippen LogP contribution < -0.4 is 5.32 Å². The number of hydrogen-bond donors (Lipinski definition) is 1. The number of sulfonamides is 1. The monoisotopic (exact) mass is 396 g/mol. The summed E-state index contributed by atoms with van der Waals surface area (Å²) in [5, 5.41) is 2.44. The largest absolute Gasteiger partial charge is 0.351 e. The lowest BCUT2D eigenvalue weighted by atomic mass is 10.2. The molecular formula is C14H18F2N2O5S2. The summed E-state index contributed by atoms with van der Waals surface area (Å²) in [6.45, 7) is 0.569. The van der Waals surface area contributed by atoms with E-state index in [2.05, 4.69) is 5.32 Å². The number of halogens is 2. The third-order valence-electron chi connectivity index (χ3n) is 3.79. The van der Waals surface area contributed by atoms with Gasteiger partial charge in [0.1, 0.15) is 11.6 Å². The Hall–Kier alpha value is -1.59. The van der Waals surface area contributed by atoms with Gasteiger partial charge in [0.05, 0.1) is 18.1 Å². The van der Waals surface area contributed by atoms with Crippen LogP contribution in [0.1, 0.15) is 13.3 Å². The van der Waals surface area contributed by atoms with Gasteiger partial charge < -0.3 is 5.32 Å². The van der Waals surface area contributed by atoms with Crippen molar-refractivity contribution in [2.24, 2.45) is 0 Å². The van der Waals surface area contributed by atoms with Crippen LogP contribution in [0.25, 0.3) is 0 Å². The standard InChI is InChI=1S/C14H18F2N2O5S2/c1-2-18(8-13(19)17-10-6-7-24(20,21)9-10)25(22,23)14-11(15)4-3-5-12(14)16/h3-5,10H,2,6-9H2,1H3,(H,17,19)/t10-/m0/s1. The van der Waals surface area contributed by atoms with Crippen molar-refractivity contribution in [1.82, 2.24) is 9.62 Å². The number of nitrogens with one attached hydrogen (secondary N) is 1. The molecule has 1 atom stereocenters. The van der Waals surface area contributed by atoms with Gasteiger partial charge in [-0.1, -0.05) is 13.0 Å². The minimum Gasteiger partial charge on any atom is -0.351 e. The van der Waals surface area contributed by atoms with Gasteiger partial charge in [0.15, 0.2) is 14.7 Å². The minimum absolute atomic E-state index is 0.0474. The summed E-state index contributed by atoms with van der Waals surface area (Å²) in [4.78, 5) is 10.9. The van der Waals surface area contributed by atoms with Crippen LogP contribution in [-0.2, 0) is 24.7 Å². The Morgan fingerprint density at radius 2 is 1.92 bits per heavy atom. The summed E-state index contributed by atoms with van der Waals surface area (Å²) in [5.41, 5.74) is 0. The number of likely N-dealkylation sites (N-methyl/N-ethyl adjacent to an activating group) is 1. The Bertz CT molecular complexity index is 851. The van der Waals surface area contributed by atoms with E-state index in [1.54, 1.807) is 0 Å². The van der Waals surface area contributed by atoms with Gasteiger partial charge in [-0.2, -0.15) is 4.31 Å². The number of nitrogens with zero attached hydrogens (tertiary/aromatic N) is 1. The lowest BCUT2D eigenvalue weighted by molar-refractivity contribution is -0.121. The fraction of sp³-hybridized carbons (Fsp3) is 0.500. The molecule has 1 aliphatic heterocycles. The molecular weight excluding hydrogens is 378 g/mol. The van der Waals surface area contributed by atoms with Gasteiger partial charge in [-0.25, -0.2) is 25.6 Å². The Labute approximate surface area is 145 Å². The lowest BCUT2D eigenvalue weighted by Crippen LogP contribution is -2.44. The SMILES string of the molecule is CCN(CC(=O)N[C@H]1CCS(=O)(=O)C1)S(=O)(=O)c1c(F)cccc1F. The fourth-order valence-electron chi connectivity index (χ4n) is 2.57. The zero-order valence-electron chi connectivity index (χ0n) is 13.4. The predicted molar refractivity (Wildman–Crippen MR) is 86.0 cm³/mol. The molecule has 1 aromatic rings. The summed E-state index contributed by atoms with van der Waals surface area (Å²) >= 11 is 0. The van der Waals surface area contributed by atoms with Crippen molar-refractivity contribution >= 4 is 25.8 Å². The summed E-state index contributed by atoms with van der Waals surface area (Å²) in [6, 6.07) is 2.07. The van der Waals surface area contributed by atoms with Crippen LogP contribution in [0.3, 0.4) is 0 Å². The molecule has 0 radical (unpaired) electrons. The first-order chi connectivity index (χ1) is 11.6. The molecule has 1 aromatic carbocycles. The van der Waals surface area contributed by atoms with Crippen molar-refractivity contribution in [1.29, 1.82) is 0 Å². The zero-order valence-corrected chi connectivity index (χ0v) is 15.0. The number of carbonyl (C=O) groups is 1. The Kier molecular flexibility index (Phi) is 5.79. The van der Waals surface area contributed by atoms with Gasteiger partial charge in [0.2, 0.25) is 15.9 Å². The molecule has 7 nitrogen and oxygen atoms in total. The molecule has 0 aromatic heterocycles. The normalized spacial score (nSPS) is 19.9. The third-order valence-corrected chi connectivity index (χ3v) is 7.53. The molecule has 2 rings (SSSR count). The predicted octanol–water partition coefficient (Wildman–Crippen LogP) is 0.279. The molecule has 0 saturated carbocycles. The molecule has 1 saturated heterocycles. The molecule has 1 aliphatic rings. The van der Waals surface area contributed by atoms with E-state index in [0.29, 0.717) is 4.31 Å². The second-order valence-electron chi connectivity index (χ2n) is 5.65. The van der Waals surface area contributed by atoms with E-state index in [4.69, 9.17) is 0 Å². The zero-order chi connectivity index (χ0) is 18.8. The van der Waals surface area contributed by atoms with Gasteiger partial charge in [-0.3, -0.25) is 4.79 Å². The van der Waals surface area contributed by atoms with Crippen LogP contribution >= 0.6 is 0 Å². The summed E-state index contributed by atoms with van der Waals surface area (Å²) in [7, 11) is -7.76. The lowest BCUT2D eigenvalue weighted by Gasteiger charge is -2.21. The molecule has 0 bridgehead atoms. The molecule has 11 heteroatoms. The van der Waals surface area contributed by atoms with Gasteiger partial charge in [-0.05, 0) is 18.6 Å². The van der Waals surface area contributed by atoms with E-state index >= 15 is 0 Å². The van der Waals surface area contributed by atoms with Gasteiger partial charge in [-0.15, -0.1) is 0 Å². The summed E-state index contributed by atoms with van der Waals surface area (Å²) in [6.07, 6.45) is 0.245. The fourth-order valence-corrected chi connectivity index (χ4v) is 5.75. The highest BCUT2D eigenvalue weighted by Crippen LogP contribution is 2.22. The van der Waals surface area contributed by atoms with Gasteiger partial charge in [0, 0.05) is 12.6 Å². The molecule has 0 unspecified atom stereocenters. The average Bonchev–Trinajstić information content (AvgIpc) is 2.82. The quantitative estimate of drug-likeness (QED) is 0.744. The van der Waals surface area contributed by atoms with Gasteiger partial charge >= 0.3 is 0 Å². The molecule has 1 amide bonds. The highest BCUT2D eigenvalue weighted by atomic mass is 32.2. The van der Waals surface area contributed by atoms with Crippen LogP contribution in [0, 0.1) is 11.6 Å². The molecule has 0 spiro atoms. The number of amides is 1. The first-order valence-corrected chi connectivity index (χ1v) is 10.8.